The predicted molar refractivity (Wildman–Crippen MR) is 95.2 cm³/mol. The quantitative estimate of drug-likeness (QED) is 0.514. The molecule has 2 rings (SSSR count). The Morgan fingerprint density at radius 1 is 0.815 bits per heavy atom. The Morgan fingerprint density at radius 2 is 1.22 bits per heavy atom. The van der Waals surface area contributed by atoms with Crippen molar-refractivity contribution in [3.8, 4) is 17.2 Å². The Kier molecular flexibility index (Phi) is 6.76. The molecule has 0 atom stereocenters. The van der Waals surface area contributed by atoms with Gasteiger partial charge in [0.2, 0.25) is 0 Å². The van der Waals surface area contributed by atoms with Gasteiger partial charge in [-0.2, -0.15) is 0 Å². The first-order valence-electron chi connectivity index (χ1n) is 8.46. The van der Waals surface area contributed by atoms with Gasteiger partial charge in [-0.1, -0.05) is 0 Å². The Balaban J connectivity index is 2.14. The van der Waals surface area contributed by atoms with E-state index in [4.69, 9.17) is 18.9 Å². The van der Waals surface area contributed by atoms with Crippen LogP contribution in [0, 0.1) is 5.82 Å². The number of carbonyl (C=O) groups excluding carboxylic acids is 2. The Bertz CT molecular complexity index is 752. The minimum Gasteiger partial charge on any atom is -0.464 e. The monoisotopic (exact) mass is 376 g/mol. The molecule has 0 fully saturated rings. The van der Waals surface area contributed by atoms with E-state index in [1.807, 2.05) is 0 Å². The van der Waals surface area contributed by atoms with Crippen LogP contribution < -0.4 is 9.47 Å². The second kappa shape index (κ2) is 9.02. The summed E-state index contributed by atoms with van der Waals surface area (Å²) in [6.07, 6.45) is 0. The third-order valence-electron chi connectivity index (χ3n) is 3.52. The van der Waals surface area contributed by atoms with Crippen molar-refractivity contribution in [2.75, 3.05) is 13.2 Å². The number of carbonyl (C=O) groups is 2. The molecular weight excluding hydrogens is 355 g/mol. The maximum atomic E-state index is 12.9. The molecule has 2 aromatic rings. The molecule has 0 saturated heterocycles. The molecule has 0 unspecified atom stereocenters. The number of ether oxygens (including phenoxy) is 4. The summed E-state index contributed by atoms with van der Waals surface area (Å²) in [4.78, 5) is 24.4. The van der Waals surface area contributed by atoms with Crippen LogP contribution in [-0.2, 0) is 19.1 Å². The van der Waals surface area contributed by atoms with Crippen LogP contribution in [0.2, 0.25) is 0 Å². The zero-order valence-electron chi connectivity index (χ0n) is 15.4. The number of rotatable bonds is 8. The highest BCUT2D eigenvalue weighted by atomic mass is 19.1. The summed E-state index contributed by atoms with van der Waals surface area (Å²) in [6.45, 7) is 4.76. The fraction of sp³-hybridized carbons (Fsp3) is 0.300. The maximum absolute atomic E-state index is 12.9. The molecule has 0 aromatic heterocycles. The molecule has 0 amide bonds. The lowest BCUT2D eigenvalue weighted by Crippen LogP contribution is -2.51. The van der Waals surface area contributed by atoms with Gasteiger partial charge in [-0.15, -0.1) is 0 Å². The van der Waals surface area contributed by atoms with E-state index in [9.17, 15) is 14.0 Å². The highest BCUT2D eigenvalue weighted by Gasteiger charge is 2.47. The second-order valence-electron chi connectivity index (χ2n) is 5.60. The minimum atomic E-state index is -1.93. The van der Waals surface area contributed by atoms with E-state index in [1.165, 1.54) is 43.3 Å². The predicted octanol–water partition coefficient (Wildman–Crippen LogP) is 3.88. The molecule has 0 aliphatic heterocycles. The summed E-state index contributed by atoms with van der Waals surface area (Å²) < 4.78 is 34.0. The Labute approximate surface area is 156 Å². The summed E-state index contributed by atoms with van der Waals surface area (Å²) in [6, 6.07) is 11.8. The fourth-order valence-electron chi connectivity index (χ4n) is 2.15. The number of hydrogen-bond acceptors (Lipinski definition) is 6. The van der Waals surface area contributed by atoms with Crippen molar-refractivity contribution in [1.82, 2.24) is 0 Å². The van der Waals surface area contributed by atoms with Crippen LogP contribution in [-0.4, -0.2) is 30.8 Å². The Morgan fingerprint density at radius 3 is 1.67 bits per heavy atom. The fourth-order valence-corrected chi connectivity index (χ4v) is 2.15. The third-order valence-corrected chi connectivity index (χ3v) is 3.52. The largest absolute Gasteiger partial charge is 0.464 e. The summed E-state index contributed by atoms with van der Waals surface area (Å²) >= 11 is 0. The van der Waals surface area contributed by atoms with Crippen LogP contribution in [0.4, 0.5) is 4.39 Å². The summed E-state index contributed by atoms with van der Waals surface area (Å²) in [5.41, 5.74) is -1.93. The van der Waals surface area contributed by atoms with Crippen molar-refractivity contribution < 1.29 is 32.9 Å². The molecule has 0 N–H and O–H groups in total. The molecule has 144 valence electrons. The van der Waals surface area contributed by atoms with Gasteiger partial charge in [-0.05, 0) is 69.3 Å². The first-order valence-corrected chi connectivity index (χ1v) is 8.46. The topological polar surface area (TPSA) is 71.1 Å². The standard InChI is InChI=1S/C20H21FO6/c1-4-24-18(22)20(3,19(23)25-5-2)27-17-12-10-16(11-13-17)26-15-8-6-14(21)7-9-15/h6-13H,4-5H2,1-3H3. The van der Waals surface area contributed by atoms with Crippen molar-refractivity contribution in [1.29, 1.82) is 0 Å². The molecular formula is C20H21FO6. The van der Waals surface area contributed by atoms with E-state index in [0.717, 1.165) is 0 Å². The molecule has 0 radical (unpaired) electrons. The van der Waals surface area contributed by atoms with Crippen LogP contribution in [0.5, 0.6) is 17.2 Å². The van der Waals surface area contributed by atoms with Gasteiger partial charge in [0, 0.05) is 0 Å². The molecule has 0 spiro atoms. The zero-order chi connectivity index (χ0) is 19.9. The van der Waals surface area contributed by atoms with E-state index in [1.54, 1.807) is 26.0 Å². The van der Waals surface area contributed by atoms with Gasteiger partial charge in [0.05, 0.1) is 13.2 Å². The molecule has 2 aromatic carbocycles. The molecule has 0 aliphatic carbocycles. The molecule has 0 bridgehead atoms. The lowest BCUT2D eigenvalue weighted by Gasteiger charge is -2.26. The van der Waals surface area contributed by atoms with Crippen LogP contribution in [0.25, 0.3) is 0 Å². The SMILES string of the molecule is CCOC(=O)C(C)(Oc1ccc(Oc2ccc(F)cc2)cc1)C(=O)OCC. The molecule has 7 heteroatoms. The van der Waals surface area contributed by atoms with E-state index in [0.29, 0.717) is 11.5 Å². The summed E-state index contributed by atoms with van der Waals surface area (Å²) in [7, 11) is 0. The number of esters is 2. The molecule has 6 nitrogen and oxygen atoms in total. The molecule has 0 heterocycles. The van der Waals surface area contributed by atoms with Gasteiger partial charge >= 0.3 is 11.9 Å². The first kappa shape index (κ1) is 20.2. The van der Waals surface area contributed by atoms with Crippen LogP contribution in [0.1, 0.15) is 20.8 Å². The van der Waals surface area contributed by atoms with E-state index in [2.05, 4.69) is 0 Å². The molecule has 27 heavy (non-hydrogen) atoms. The van der Waals surface area contributed by atoms with Crippen molar-refractivity contribution >= 4 is 11.9 Å². The van der Waals surface area contributed by atoms with Crippen molar-refractivity contribution in [3.63, 3.8) is 0 Å². The maximum Gasteiger partial charge on any atom is 0.362 e. The highest BCUT2D eigenvalue weighted by Crippen LogP contribution is 2.27. The van der Waals surface area contributed by atoms with E-state index < -0.39 is 17.5 Å². The van der Waals surface area contributed by atoms with Crippen LogP contribution >= 0.6 is 0 Å². The van der Waals surface area contributed by atoms with E-state index in [-0.39, 0.29) is 24.8 Å². The minimum absolute atomic E-state index is 0.0988. The summed E-state index contributed by atoms with van der Waals surface area (Å²) in [5.74, 6) is -0.838. The van der Waals surface area contributed by atoms with E-state index >= 15 is 0 Å². The second-order valence-corrected chi connectivity index (χ2v) is 5.60. The van der Waals surface area contributed by atoms with Crippen LogP contribution in [0.3, 0.4) is 0 Å². The summed E-state index contributed by atoms with van der Waals surface area (Å²) in [5, 5.41) is 0. The van der Waals surface area contributed by atoms with Crippen molar-refractivity contribution in [2.45, 2.75) is 26.4 Å². The van der Waals surface area contributed by atoms with Gasteiger partial charge in [0.1, 0.15) is 23.1 Å². The van der Waals surface area contributed by atoms with Gasteiger partial charge < -0.3 is 18.9 Å². The molecule has 0 saturated carbocycles. The van der Waals surface area contributed by atoms with Crippen molar-refractivity contribution in [3.05, 3.63) is 54.3 Å². The van der Waals surface area contributed by atoms with Crippen molar-refractivity contribution in [2.24, 2.45) is 0 Å². The third kappa shape index (κ3) is 5.20. The number of halogens is 1. The average Bonchev–Trinajstić information content (AvgIpc) is 2.65. The number of hydrogen-bond donors (Lipinski definition) is 0. The lowest BCUT2D eigenvalue weighted by atomic mass is 10.1. The Hall–Kier alpha value is -3.09. The number of benzene rings is 2. The lowest BCUT2D eigenvalue weighted by molar-refractivity contribution is -0.177. The van der Waals surface area contributed by atoms with Gasteiger partial charge in [0.25, 0.3) is 5.60 Å². The van der Waals surface area contributed by atoms with Gasteiger partial charge in [0.15, 0.2) is 0 Å². The first-order chi connectivity index (χ1) is 12.9. The average molecular weight is 376 g/mol. The zero-order valence-corrected chi connectivity index (χ0v) is 15.4. The van der Waals surface area contributed by atoms with Gasteiger partial charge in [-0.3, -0.25) is 0 Å². The van der Waals surface area contributed by atoms with Crippen LogP contribution in [0.15, 0.2) is 48.5 Å². The highest BCUT2D eigenvalue weighted by molar-refractivity contribution is 6.03. The van der Waals surface area contributed by atoms with Gasteiger partial charge in [-0.25, -0.2) is 14.0 Å². The smallest absolute Gasteiger partial charge is 0.362 e. The molecule has 0 aliphatic rings. The normalized spacial score (nSPS) is 10.8.